The van der Waals surface area contributed by atoms with Crippen molar-refractivity contribution in [1.82, 2.24) is 4.90 Å². The summed E-state index contributed by atoms with van der Waals surface area (Å²) in [6.45, 7) is 5.80. The van der Waals surface area contributed by atoms with Crippen LogP contribution in [0.5, 0.6) is 11.5 Å². The summed E-state index contributed by atoms with van der Waals surface area (Å²) in [6, 6.07) is 13.1. The molecule has 0 aliphatic carbocycles. The summed E-state index contributed by atoms with van der Waals surface area (Å²) in [7, 11) is 8.09. The van der Waals surface area contributed by atoms with E-state index in [1.165, 1.54) is 14.2 Å². The number of methoxy groups -OCH3 is 4. The predicted molar refractivity (Wildman–Crippen MR) is 136 cm³/mol. The van der Waals surface area contributed by atoms with E-state index >= 15 is 0 Å². The Kier molecular flexibility index (Phi) is 10.6. The van der Waals surface area contributed by atoms with Crippen LogP contribution in [0.1, 0.15) is 48.2 Å². The van der Waals surface area contributed by atoms with E-state index in [2.05, 4.69) is 25.8 Å². The number of ether oxygens (including phenoxy) is 4. The number of carbonyl (C=O) groups is 2. The van der Waals surface area contributed by atoms with Crippen LogP contribution in [0.2, 0.25) is 0 Å². The van der Waals surface area contributed by atoms with Crippen molar-refractivity contribution in [3.8, 4) is 11.5 Å². The van der Waals surface area contributed by atoms with E-state index in [0.717, 1.165) is 37.1 Å². The third-order valence-corrected chi connectivity index (χ3v) is 6.70. The van der Waals surface area contributed by atoms with Gasteiger partial charge in [-0.1, -0.05) is 32.0 Å². The van der Waals surface area contributed by atoms with Crippen LogP contribution in [-0.4, -0.2) is 65.4 Å². The van der Waals surface area contributed by atoms with E-state index in [1.807, 2.05) is 30.3 Å². The first-order valence-corrected chi connectivity index (χ1v) is 11.9. The summed E-state index contributed by atoms with van der Waals surface area (Å²) in [4.78, 5) is 27.0. The van der Waals surface area contributed by atoms with E-state index < -0.39 is 5.41 Å². The molecule has 0 spiro atoms. The number of nitrogens with zero attached hydrogens (tertiary/aromatic N) is 1. The Hall–Kier alpha value is -3.06. The van der Waals surface area contributed by atoms with E-state index in [9.17, 15) is 9.59 Å². The summed E-state index contributed by atoms with van der Waals surface area (Å²) in [5, 5.41) is 0. The van der Waals surface area contributed by atoms with Gasteiger partial charge in [0.2, 0.25) is 0 Å². The highest BCUT2D eigenvalue weighted by Crippen LogP contribution is 2.41. The molecule has 0 N–H and O–H groups in total. The molecule has 2 aromatic rings. The maximum atomic E-state index is 13.2. The van der Waals surface area contributed by atoms with Gasteiger partial charge in [0.05, 0.1) is 39.4 Å². The Morgan fingerprint density at radius 3 is 2.09 bits per heavy atom. The molecule has 0 saturated heterocycles. The van der Waals surface area contributed by atoms with Gasteiger partial charge < -0.3 is 23.8 Å². The molecule has 7 nitrogen and oxygen atoms in total. The fraction of sp³-hybridized carbons (Fsp3) is 0.500. The molecule has 0 amide bonds. The second-order valence-electron chi connectivity index (χ2n) is 9.03. The fourth-order valence-corrected chi connectivity index (χ4v) is 4.50. The average Bonchev–Trinajstić information content (AvgIpc) is 2.88. The van der Waals surface area contributed by atoms with E-state index in [1.54, 1.807) is 26.4 Å². The van der Waals surface area contributed by atoms with Gasteiger partial charge in [0.1, 0.15) is 0 Å². The van der Waals surface area contributed by atoms with Gasteiger partial charge in [-0.3, -0.25) is 4.79 Å². The zero-order valence-electron chi connectivity index (χ0n) is 22.1. The molecule has 1 unspecified atom stereocenters. The van der Waals surface area contributed by atoms with Gasteiger partial charge >= 0.3 is 11.9 Å². The molecule has 0 fully saturated rings. The first kappa shape index (κ1) is 28.2. The van der Waals surface area contributed by atoms with Gasteiger partial charge in [-0.05, 0) is 74.2 Å². The smallest absolute Gasteiger partial charge is 0.337 e. The van der Waals surface area contributed by atoms with Crippen molar-refractivity contribution in [2.75, 3.05) is 48.6 Å². The van der Waals surface area contributed by atoms with Crippen molar-refractivity contribution in [3.63, 3.8) is 0 Å². The summed E-state index contributed by atoms with van der Waals surface area (Å²) >= 11 is 0. The van der Waals surface area contributed by atoms with Crippen molar-refractivity contribution < 1.29 is 28.5 Å². The third-order valence-electron chi connectivity index (χ3n) is 6.70. The van der Waals surface area contributed by atoms with Crippen LogP contribution >= 0.6 is 0 Å². The van der Waals surface area contributed by atoms with Crippen LogP contribution in [0.4, 0.5) is 0 Å². The maximum Gasteiger partial charge on any atom is 0.337 e. The van der Waals surface area contributed by atoms with Gasteiger partial charge in [-0.25, -0.2) is 4.79 Å². The highest BCUT2D eigenvalue weighted by molar-refractivity contribution is 5.89. The molecule has 0 bridgehead atoms. The first-order valence-electron chi connectivity index (χ1n) is 11.9. The lowest BCUT2D eigenvalue weighted by Gasteiger charge is -2.36. The predicted octanol–water partition coefficient (Wildman–Crippen LogP) is 4.51. The highest BCUT2D eigenvalue weighted by Gasteiger charge is 2.44. The number of hydrogen-bond acceptors (Lipinski definition) is 7. The molecule has 0 aromatic heterocycles. The summed E-state index contributed by atoms with van der Waals surface area (Å²) in [5.41, 5.74) is 1.78. The monoisotopic (exact) mass is 485 g/mol. The summed E-state index contributed by atoms with van der Waals surface area (Å²) < 4.78 is 20.9. The Morgan fingerprint density at radius 2 is 1.54 bits per heavy atom. The Morgan fingerprint density at radius 1 is 0.886 bits per heavy atom. The van der Waals surface area contributed by atoms with Gasteiger partial charge in [0.25, 0.3) is 0 Å². The Labute approximate surface area is 209 Å². The Bertz CT molecular complexity index is 972. The molecule has 0 heterocycles. The number of benzene rings is 2. The minimum atomic E-state index is -0.793. The lowest BCUT2D eigenvalue weighted by Crippen LogP contribution is -2.42. The minimum Gasteiger partial charge on any atom is -0.493 e. The van der Waals surface area contributed by atoms with Crippen LogP contribution in [0.3, 0.4) is 0 Å². The number of esters is 2. The molecule has 192 valence electrons. The molecule has 1 atom stereocenters. The zero-order valence-corrected chi connectivity index (χ0v) is 22.1. The molecular formula is C28H39NO6. The van der Waals surface area contributed by atoms with Crippen LogP contribution in [0.25, 0.3) is 0 Å². The molecule has 35 heavy (non-hydrogen) atoms. The van der Waals surface area contributed by atoms with Crippen molar-refractivity contribution in [3.05, 3.63) is 59.2 Å². The number of likely N-dealkylation sites (N-methyl/N-ethyl adjacent to an activating group) is 1. The van der Waals surface area contributed by atoms with Crippen molar-refractivity contribution in [1.29, 1.82) is 0 Å². The largest absolute Gasteiger partial charge is 0.493 e. The normalized spacial score (nSPS) is 12.8. The second-order valence-corrected chi connectivity index (χ2v) is 9.03. The lowest BCUT2D eigenvalue weighted by molar-refractivity contribution is -0.150. The summed E-state index contributed by atoms with van der Waals surface area (Å²) in [5.74, 6) is 0.662. The number of hydrogen-bond donors (Lipinski definition) is 0. The van der Waals surface area contributed by atoms with Gasteiger partial charge in [-0.15, -0.1) is 0 Å². The Balaban J connectivity index is 2.09. The average molecular weight is 486 g/mol. The minimum absolute atomic E-state index is 0.0201. The number of rotatable bonds is 13. The third kappa shape index (κ3) is 6.75. The van der Waals surface area contributed by atoms with E-state index in [-0.39, 0.29) is 17.9 Å². The molecule has 0 aliphatic heterocycles. The molecule has 0 radical (unpaired) electrons. The standard InChI is InChI=1S/C28H39NO6/c1-20(2)28(27(31)35-7,23-13-14-24(32-4)25(19-23)33-5)16-8-17-29(3)18-15-21-9-11-22(12-10-21)26(30)34-6/h9-14,19-20H,8,15-18H2,1-7H3. The van der Waals surface area contributed by atoms with E-state index in [0.29, 0.717) is 23.5 Å². The van der Waals surface area contributed by atoms with E-state index in [4.69, 9.17) is 18.9 Å². The molecular weight excluding hydrogens is 446 g/mol. The lowest BCUT2D eigenvalue weighted by atomic mass is 9.68. The second kappa shape index (κ2) is 13.1. The van der Waals surface area contributed by atoms with Crippen LogP contribution in [0, 0.1) is 5.92 Å². The molecule has 2 rings (SSSR count). The topological polar surface area (TPSA) is 74.3 Å². The van der Waals surface area contributed by atoms with Gasteiger partial charge in [0.15, 0.2) is 11.5 Å². The zero-order chi connectivity index (χ0) is 26.0. The SMILES string of the molecule is COC(=O)c1ccc(CCN(C)CCCC(C(=O)OC)(c2ccc(OC)c(OC)c2)C(C)C)cc1. The van der Waals surface area contributed by atoms with Crippen LogP contribution in [0.15, 0.2) is 42.5 Å². The summed E-state index contributed by atoms with van der Waals surface area (Å²) in [6.07, 6.45) is 2.32. The van der Waals surface area contributed by atoms with Crippen molar-refractivity contribution in [2.24, 2.45) is 5.92 Å². The number of carbonyl (C=O) groups excluding carboxylic acids is 2. The molecule has 7 heteroatoms. The van der Waals surface area contributed by atoms with Gasteiger partial charge in [0, 0.05) is 6.54 Å². The quantitative estimate of drug-likeness (QED) is 0.387. The van der Waals surface area contributed by atoms with Crippen LogP contribution in [-0.2, 0) is 26.1 Å². The first-order chi connectivity index (χ1) is 16.7. The maximum absolute atomic E-state index is 13.2. The highest BCUT2D eigenvalue weighted by atomic mass is 16.5. The molecule has 0 aliphatic rings. The fourth-order valence-electron chi connectivity index (χ4n) is 4.50. The van der Waals surface area contributed by atoms with Crippen LogP contribution < -0.4 is 9.47 Å². The van der Waals surface area contributed by atoms with Gasteiger partial charge in [-0.2, -0.15) is 0 Å². The molecule has 2 aromatic carbocycles. The van der Waals surface area contributed by atoms with Crippen molar-refractivity contribution >= 4 is 11.9 Å². The van der Waals surface area contributed by atoms with Crippen molar-refractivity contribution in [2.45, 2.75) is 38.5 Å². The molecule has 0 saturated carbocycles.